The lowest BCUT2D eigenvalue weighted by Crippen LogP contribution is -2.18. The molecule has 214 valence electrons. The van der Waals surface area contributed by atoms with Crippen molar-refractivity contribution in [3.05, 3.63) is 62.3 Å². The van der Waals surface area contributed by atoms with Crippen molar-refractivity contribution < 1.29 is 0 Å². The second-order valence-corrected chi connectivity index (χ2v) is 11.5. The predicted octanol–water partition coefficient (Wildman–Crippen LogP) is 4.79. The third-order valence-corrected chi connectivity index (χ3v) is 8.07. The average Bonchev–Trinajstić information content (AvgIpc) is 3.73. The van der Waals surface area contributed by atoms with Gasteiger partial charge >= 0.3 is 0 Å². The van der Waals surface area contributed by atoms with Gasteiger partial charge in [-0.2, -0.15) is 35.2 Å². The Balaban J connectivity index is 0.000000165. The van der Waals surface area contributed by atoms with Gasteiger partial charge in [0.25, 0.3) is 11.9 Å². The molecule has 0 saturated heterocycles. The first-order valence-electron chi connectivity index (χ1n) is 13.1. The molecule has 0 spiro atoms. The van der Waals surface area contributed by atoms with Crippen LogP contribution in [0.3, 0.4) is 0 Å². The first-order valence-corrected chi connectivity index (χ1v) is 14.7. The van der Waals surface area contributed by atoms with Gasteiger partial charge in [0, 0.05) is 29.8 Å². The van der Waals surface area contributed by atoms with E-state index in [1.165, 1.54) is 25.7 Å². The number of aryl methyl sites for hydroxylation is 4. The first kappa shape index (κ1) is 28.7. The van der Waals surface area contributed by atoms with Crippen LogP contribution in [0.4, 0.5) is 17.5 Å². The Kier molecular flexibility index (Phi) is 8.35. The van der Waals surface area contributed by atoms with E-state index in [0.717, 1.165) is 33.1 Å². The number of halogens is 2. The van der Waals surface area contributed by atoms with E-state index in [9.17, 15) is 0 Å². The van der Waals surface area contributed by atoms with Crippen LogP contribution >= 0.6 is 31.9 Å². The van der Waals surface area contributed by atoms with Crippen molar-refractivity contribution in [3.63, 3.8) is 0 Å². The van der Waals surface area contributed by atoms with E-state index in [0.29, 0.717) is 39.9 Å². The van der Waals surface area contributed by atoms with Crippen LogP contribution in [0.2, 0.25) is 0 Å². The minimum absolute atomic E-state index is 0.341. The van der Waals surface area contributed by atoms with Crippen LogP contribution in [0.25, 0.3) is 17.7 Å². The summed E-state index contributed by atoms with van der Waals surface area (Å²) in [6.45, 7) is 7.78. The highest BCUT2D eigenvalue weighted by Gasteiger charge is 2.20. The van der Waals surface area contributed by atoms with E-state index in [-0.39, 0.29) is 0 Å². The summed E-state index contributed by atoms with van der Waals surface area (Å²) < 4.78 is 6.33. The summed E-state index contributed by atoms with van der Waals surface area (Å²) in [5.41, 5.74) is 15.7. The highest BCUT2D eigenvalue weighted by atomic mass is 79.9. The zero-order valence-electron chi connectivity index (χ0n) is 23.2. The number of nitrogens with two attached hydrogens (primary N) is 2. The summed E-state index contributed by atoms with van der Waals surface area (Å²) in [6, 6.07) is 6.22. The molecule has 0 aliphatic heterocycles. The molecule has 0 aromatic carbocycles. The molecular weight excluding hydrogens is 654 g/mol. The molecule has 1 saturated carbocycles. The summed E-state index contributed by atoms with van der Waals surface area (Å²) in [7, 11) is 0. The van der Waals surface area contributed by atoms with Crippen LogP contribution in [-0.2, 0) is 0 Å². The molecule has 13 nitrogen and oxygen atoms in total. The Hall–Kier alpha value is -3.85. The molecule has 1 aliphatic carbocycles. The van der Waals surface area contributed by atoms with E-state index in [2.05, 4.69) is 72.4 Å². The van der Waals surface area contributed by atoms with E-state index in [4.69, 9.17) is 11.5 Å². The molecule has 0 atom stereocenters. The number of hydrogen-bond acceptors (Lipinski definition) is 10. The molecule has 0 amide bonds. The lowest BCUT2D eigenvalue weighted by Gasteiger charge is -2.16. The van der Waals surface area contributed by atoms with Crippen molar-refractivity contribution in [2.75, 3.05) is 16.8 Å². The van der Waals surface area contributed by atoms with Crippen LogP contribution in [0.15, 0.2) is 39.5 Å². The first-order chi connectivity index (χ1) is 19.6. The molecule has 0 unspecified atom stereocenters. The lowest BCUT2D eigenvalue weighted by molar-refractivity contribution is 0.738. The summed E-state index contributed by atoms with van der Waals surface area (Å²) >= 11 is 6.87. The standard InChI is InChI=1S/C14H19BrN6.C12H12BrN7/c1-8-7-9(2)21(20-8)14-18-12(16)11(15)13(19-14)17-10-5-3-4-6-10;1-7-6-8(2)20(18-7)12-16-10(14)9(13)11(17-12)19-5-3-4-15-19/h7,10H,3-6H2,1-2H3,(H3,16,17,18,19);3-6H,1-2H3,(H2,14,16,17). The second-order valence-electron chi connectivity index (χ2n) is 9.87. The minimum Gasteiger partial charge on any atom is -0.383 e. The molecule has 41 heavy (non-hydrogen) atoms. The van der Waals surface area contributed by atoms with Crippen LogP contribution < -0.4 is 16.8 Å². The highest BCUT2D eigenvalue weighted by Crippen LogP contribution is 2.30. The SMILES string of the molecule is Cc1cc(C)n(-c2nc(N)c(Br)c(-n3cccn3)n2)n1.Cc1cc(C)n(-c2nc(N)c(Br)c(NC3CCCC3)n2)n1. The third-order valence-electron chi connectivity index (χ3n) is 6.53. The van der Waals surface area contributed by atoms with E-state index in [1.807, 2.05) is 45.9 Å². The Morgan fingerprint density at radius 1 is 0.805 bits per heavy atom. The van der Waals surface area contributed by atoms with Gasteiger partial charge in [0.15, 0.2) is 5.82 Å². The predicted molar refractivity (Wildman–Crippen MR) is 164 cm³/mol. The van der Waals surface area contributed by atoms with Crippen LogP contribution in [0, 0.1) is 27.7 Å². The van der Waals surface area contributed by atoms with Gasteiger partial charge in [0.1, 0.15) is 26.4 Å². The number of nitrogens with one attached hydrogen (secondary N) is 1. The minimum atomic E-state index is 0.341. The molecule has 5 N–H and O–H groups in total. The van der Waals surface area contributed by atoms with Crippen molar-refractivity contribution in [2.45, 2.75) is 59.4 Å². The molecule has 0 bridgehead atoms. The smallest absolute Gasteiger partial charge is 0.254 e. The fourth-order valence-corrected chi connectivity index (χ4v) is 5.30. The Morgan fingerprint density at radius 3 is 1.88 bits per heavy atom. The van der Waals surface area contributed by atoms with Gasteiger partial charge < -0.3 is 16.8 Å². The van der Waals surface area contributed by atoms with E-state index < -0.39 is 0 Å². The molecule has 15 heteroatoms. The maximum Gasteiger partial charge on any atom is 0.254 e. The second kappa shape index (κ2) is 11.9. The Morgan fingerprint density at radius 2 is 1.37 bits per heavy atom. The Labute approximate surface area is 254 Å². The van der Waals surface area contributed by atoms with Crippen molar-refractivity contribution in [1.29, 1.82) is 0 Å². The van der Waals surface area contributed by atoms with Gasteiger partial charge in [0.2, 0.25) is 0 Å². The van der Waals surface area contributed by atoms with Crippen molar-refractivity contribution in [1.82, 2.24) is 49.3 Å². The zero-order valence-corrected chi connectivity index (χ0v) is 26.3. The fourth-order valence-electron chi connectivity index (χ4n) is 4.65. The summed E-state index contributed by atoms with van der Waals surface area (Å²) in [5.74, 6) is 3.01. The number of hydrogen-bond donors (Lipinski definition) is 3. The number of nitrogen functional groups attached to an aromatic ring is 2. The molecule has 0 radical (unpaired) electrons. The van der Waals surface area contributed by atoms with Crippen molar-refractivity contribution in [3.8, 4) is 17.7 Å². The molecule has 5 aromatic rings. The number of anilines is 3. The quantitative estimate of drug-likeness (QED) is 0.234. The number of aromatic nitrogens is 10. The molecule has 6 rings (SSSR count). The van der Waals surface area contributed by atoms with Gasteiger partial charge in [0.05, 0.1) is 11.4 Å². The maximum atomic E-state index is 6.01. The number of nitrogens with zero attached hydrogens (tertiary/aromatic N) is 10. The summed E-state index contributed by atoms with van der Waals surface area (Å²) in [5, 5.41) is 16.4. The van der Waals surface area contributed by atoms with Gasteiger partial charge in [-0.05, 0) is 90.6 Å². The largest absolute Gasteiger partial charge is 0.383 e. The fraction of sp³-hybridized carbons (Fsp3) is 0.346. The van der Waals surface area contributed by atoms with Gasteiger partial charge in [-0.25, -0.2) is 14.0 Å². The van der Waals surface area contributed by atoms with Gasteiger partial charge in [-0.3, -0.25) is 0 Å². The van der Waals surface area contributed by atoms with E-state index >= 15 is 0 Å². The van der Waals surface area contributed by atoms with Crippen LogP contribution in [0.1, 0.15) is 48.5 Å². The average molecular weight is 685 g/mol. The topological polar surface area (TPSA) is 169 Å². The molecule has 5 aromatic heterocycles. The normalized spacial score (nSPS) is 13.3. The molecule has 1 aliphatic rings. The monoisotopic (exact) mass is 683 g/mol. The molecule has 5 heterocycles. The van der Waals surface area contributed by atoms with Gasteiger partial charge in [-0.1, -0.05) is 12.8 Å². The molecule has 1 fully saturated rings. The van der Waals surface area contributed by atoms with Gasteiger partial charge in [-0.15, -0.1) is 0 Å². The van der Waals surface area contributed by atoms with Crippen LogP contribution in [-0.4, -0.2) is 55.3 Å². The third kappa shape index (κ3) is 6.25. The van der Waals surface area contributed by atoms with Crippen molar-refractivity contribution in [2.24, 2.45) is 0 Å². The summed E-state index contributed by atoms with van der Waals surface area (Å²) in [6.07, 6.45) is 8.34. The van der Waals surface area contributed by atoms with E-state index in [1.54, 1.807) is 26.4 Å². The highest BCUT2D eigenvalue weighted by molar-refractivity contribution is 9.11. The zero-order chi connectivity index (χ0) is 29.3. The maximum absolute atomic E-state index is 6.01. The lowest BCUT2D eigenvalue weighted by atomic mass is 10.2. The number of rotatable bonds is 5. The Bertz CT molecular complexity index is 1670. The molecular formula is C26H31Br2N13. The van der Waals surface area contributed by atoms with Crippen LogP contribution in [0.5, 0.6) is 0 Å². The van der Waals surface area contributed by atoms with Crippen molar-refractivity contribution >= 4 is 49.3 Å². The summed E-state index contributed by atoms with van der Waals surface area (Å²) in [4.78, 5) is 17.7.